The van der Waals surface area contributed by atoms with Crippen molar-refractivity contribution < 1.29 is 9.53 Å². The monoisotopic (exact) mass is 364 g/mol. The van der Waals surface area contributed by atoms with Gasteiger partial charge in [0.1, 0.15) is 18.2 Å². The van der Waals surface area contributed by atoms with E-state index in [0.717, 1.165) is 47.3 Å². The van der Waals surface area contributed by atoms with Crippen LogP contribution in [-0.4, -0.2) is 25.8 Å². The molecule has 0 radical (unpaired) electrons. The van der Waals surface area contributed by atoms with Gasteiger partial charge in [-0.2, -0.15) is 5.10 Å². The minimum Gasteiger partial charge on any atom is -0.442 e. The molecule has 3 N–H and O–H groups in total. The Balaban J connectivity index is 1.60. The van der Waals surface area contributed by atoms with E-state index in [1.165, 1.54) is 6.33 Å². The minimum atomic E-state index is -0.737. The van der Waals surface area contributed by atoms with Crippen molar-refractivity contribution >= 4 is 17.6 Å². The molecule has 4 rings (SSSR count). The molecule has 2 aromatic heterocycles. The second-order valence-electron chi connectivity index (χ2n) is 6.55. The molecule has 0 fully saturated rings. The van der Waals surface area contributed by atoms with Gasteiger partial charge in [-0.25, -0.2) is 14.8 Å². The lowest BCUT2D eigenvalue weighted by Crippen LogP contribution is -2.20. The van der Waals surface area contributed by atoms with Gasteiger partial charge in [0.05, 0.1) is 17.6 Å². The fourth-order valence-corrected chi connectivity index (χ4v) is 3.41. The molecule has 1 aromatic carbocycles. The molecule has 8 heteroatoms. The van der Waals surface area contributed by atoms with Gasteiger partial charge in [-0.3, -0.25) is 4.68 Å². The van der Waals surface area contributed by atoms with Crippen LogP contribution in [0.25, 0.3) is 11.3 Å². The number of nitrogens with zero attached hydrogens (tertiary/aromatic N) is 4. The molecule has 1 aliphatic carbocycles. The van der Waals surface area contributed by atoms with Crippen LogP contribution >= 0.6 is 0 Å². The Kier molecular flexibility index (Phi) is 4.45. The molecule has 0 saturated carbocycles. The number of hydrogen-bond donors (Lipinski definition) is 2. The third-order valence-electron chi connectivity index (χ3n) is 4.60. The van der Waals surface area contributed by atoms with E-state index in [-0.39, 0.29) is 6.10 Å². The number of amides is 1. The average Bonchev–Trinajstić information content (AvgIpc) is 3.06. The van der Waals surface area contributed by atoms with Crippen molar-refractivity contribution in [3.05, 3.63) is 54.1 Å². The lowest BCUT2D eigenvalue weighted by atomic mass is 9.87. The highest BCUT2D eigenvalue weighted by molar-refractivity contribution is 5.67. The molecular formula is C19H20N6O2. The lowest BCUT2D eigenvalue weighted by Gasteiger charge is -2.25. The van der Waals surface area contributed by atoms with Crippen molar-refractivity contribution in [1.82, 2.24) is 19.7 Å². The number of nitrogens with one attached hydrogen (secondary N) is 1. The number of carbonyl (C=O) groups is 1. The average molecular weight is 364 g/mol. The van der Waals surface area contributed by atoms with Gasteiger partial charge < -0.3 is 15.8 Å². The fraction of sp³-hybridized carbons (Fsp3) is 0.263. The Morgan fingerprint density at radius 2 is 2.22 bits per heavy atom. The first-order valence-electron chi connectivity index (χ1n) is 8.75. The van der Waals surface area contributed by atoms with E-state index in [9.17, 15) is 4.79 Å². The van der Waals surface area contributed by atoms with Crippen LogP contribution in [0.5, 0.6) is 0 Å². The number of ether oxygens (including phenoxy) is 1. The van der Waals surface area contributed by atoms with Crippen LogP contribution in [-0.2, 0) is 18.2 Å². The van der Waals surface area contributed by atoms with E-state index in [2.05, 4.69) is 26.4 Å². The molecule has 138 valence electrons. The third kappa shape index (κ3) is 3.74. The number of aryl methyl sites for hydroxylation is 2. The predicted molar refractivity (Wildman–Crippen MR) is 100 cm³/mol. The summed E-state index contributed by atoms with van der Waals surface area (Å²) in [4.78, 5) is 19.8. The van der Waals surface area contributed by atoms with Gasteiger partial charge in [0.25, 0.3) is 0 Å². The maximum Gasteiger partial charge on any atom is 0.405 e. The molecule has 1 aliphatic rings. The molecule has 3 aromatic rings. The minimum absolute atomic E-state index is 0.270. The fourth-order valence-electron chi connectivity index (χ4n) is 3.41. The SMILES string of the molecule is Cn1cc(Nc2cc(-c3ccc4c(c3)CCCC4OC(N)=O)ncn2)cn1. The van der Waals surface area contributed by atoms with E-state index in [1.54, 1.807) is 10.9 Å². The summed E-state index contributed by atoms with van der Waals surface area (Å²) >= 11 is 0. The number of nitrogens with two attached hydrogens (primary N) is 1. The Hall–Kier alpha value is -3.42. The maximum atomic E-state index is 11.1. The topological polar surface area (TPSA) is 108 Å². The first kappa shape index (κ1) is 17.0. The van der Waals surface area contributed by atoms with E-state index in [1.807, 2.05) is 31.4 Å². The zero-order chi connectivity index (χ0) is 18.8. The molecule has 0 aliphatic heterocycles. The molecule has 2 heterocycles. The number of carbonyl (C=O) groups excluding carboxylic acids is 1. The van der Waals surface area contributed by atoms with Crippen molar-refractivity contribution in [2.24, 2.45) is 12.8 Å². The van der Waals surface area contributed by atoms with Crippen LogP contribution in [0.2, 0.25) is 0 Å². The van der Waals surface area contributed by atoms with E-state index < -0.39 is 6.09 Å². The van der Waals surface area contributed by atoms with Crippen LogP contribution in [0.15, 0.2) is 43.0 Å². The lowest BCUT2D eigenvalue weighted by molar-refractivity contribution is 0.0959. The Bertz CT molecular complexity index is 984. The number of hydrogen-bond acceptors (Lipinski definition) is 6. The van der Waals surface area contributed by atoms with Gasteiger partial charge in [-0.15, -0.1) is 0 Å². The molecular weight excluding hydrogens is 344 g/mol. The molecule has 1 unspecified atom stereocenters. The highest BCUT2D eigenvalue weighted by Gasteiger charge is 2.23. The zero-order valence-corrected chi connectivity index (χ0v) is 14.9. The summed E-state index contributed by atoms with van der Waals surface area (Å²) in [6.45, 7) is 0. The molecule has 0 bridgehead atoms. The summed E-state index contributed by atoms with van der Waals surface area (Å²) in [5.41, 5.74) is 10.0. The second kappa shape index (κ2) is 7.06. The summed E-state index contributed by atoms with van der Waals surface area (Å²) in [7, 11) is 1.86. The van der Waals surface area contributed by atoms with Gasteiger partial charge in [-0.05, 0) is 36.5 Å². The van der Waals surface area contributed by atoms with Crippen LogP contribution < -0.4 is 11.1 Å². The van der Waals surface area contributed by atoms with Gasteiger partial charge in [0, 0.05) is 24.9 Å². The van der Waals surface area contributed by atoms with Crippen LogP contribution in [0.3, 0.4) is 0 Å². The van der Waals surface area contributed by atoms with E-state index >= 15 is 0 Å². The summed E-state index contributed by atoms with van der Waals surface area (Å²) in [6, 6.07) is 7.97. The number of rotatable bonds is 4. The number of primary amides is 1. The number of fused-ring (bicyclic) bond motifs is 1. The Labute approximate surface area is 156 Å². The highest BCUT2D eigenvalue weighted by atomic mass is 16.6. The predicted octanol–water partition coefficient (Wildman–Crippen LogP) is 3.09. The van der Waals surface area contributed by atoms with Crippen molar-refractivity contribution in [3.8, 4) is 11.3 Å². The Morgan fingerprint density at radius 3 is 3.00 bits per heavy atom. The zero-order valence-electron chi connectivity index (χ0n) is 14.9. The van der Waals surface area contributed by atoms with Crippen molar-refractivity contribution in [2.75, 3.05) is 5.32 Å². The van der Waals surface area contributed by atoms with Gasteiger partial charge in [0.2, 0.25) is 0 Å². The smallest absolute Gasteiger partial charge is 0.405 e. The second-order valence-corrected chi connectivity index (χ2v) is 6.55. The normalized spacial score (nSPS) is 15.8. The maximum absolute atomic E-state index is 11.1. The van der Waals surface area contributed by atoms with E-state index in [4.69, 9.17) is 10.5 Å². The van der Waals surface area contributed by atoms with Crippen molar-refractivity contribution in [3.63, 3.8) is 0 Å². The molecule has 0 spiro atoms. The summed E-state index contributed by atoms with van der Waals surface area (Å²) in [6.07, 6.45) is 6.82. The number of anilines is 2. The van der Waals surface area contributed by atoms with Crippen LogP contribution in [0.1, 0.15) is 30.1 Å². The summed E-state index contributed by atoms with van der Waals surface area (Å²) in [5, 5.41) is 7.36. The van der Waals surface area contributed by atoms with Crippen LogP contribution in [0, 0.1) is 0 Å². The van der Waals surface area contributed by atoms with Gasteiger partial charge in [0.15, 0.2) is 0 Å². The van der Waals surface area contributed by atoms with E-state index in [0.29, 0.717) is 5.82 Å². The molecule has 0 saturated heterocycles. The first-order valence-corrected chi connectivity index (χ1v) is 8.75. The third-order valence-corrected chi connectivity index (χ3v) is 4.60. The molecule has 1 atom stereocenters. The summed E-state index contributed by atoms with van der Waals surface area (Å²) in [5.74, 6) is 0.695. The molecule has 27 heavy (non-hydrogen) atoms. The van der Waals surface area contributed by atoms with Crippen LogP contribution in [0.4, 0.5) is 16.3 Å². The number of aromatic nitrogens is 4. The Morgan fingerprint density at radius 1 is 1.33 bits per heavy atom. The van der Waals surface area contributed by atoms with Crippen molar-refractivity contribution in [1.29, 1.82) is 0 Å². The highest BCUT2D eigenvalue weighted by Crippen LogP contribution is 2.35. The standard InChI is InChI=1S/C19H20N6O2/c1-25-10-14(9-23-25)24-18-8-16(21-11-22-18)13-5-6-15-12(7-13)3-2-4-17(15)27-19(20)26/h5-11,17H,2-4H2,1H3,(H2,20,26)(H,21,22,24). The quantitative estimate of drug-likeness (QED) is 0.736. The molecule has 8 nitrogen and oxygen atoms in total. The number of benzene rings is 1. The summed E-state index contributed by atoms with van der Waals surface area (Å²) < 4.78 is 6.97. The van der Waals surface area contributed by atoms with Gasteiger partial charge >= 0.3 is 6.09 Å². The largest absolute Gasteiger partial charge is 0.442 e. The van der Waals surface area contributed by atoms with Gasteiger partial charge in [-0.1, -0.05) is 12.1 Å². The molecule has 1 amide bonds. The van der Waals surface area contributed by atoms with Crippen molar-refractivity contribution in [2.45, 2.75) is 25.4 Å². The first-order chi connectivity index (χ1) is 13.1.